The van der Waals surface area contributed by atoms with Gasteiger partial charge in [-0.2, -0.15) is 0 Å². The molecule has 2 N–H and O–H groups in total. The molecule has 5 nitrogen and oxygen atoms in total. The maximum Gasteiger partial charge on any atom is 0.254 e. The van der Waals surface area contributed by atoms with Gasteiger partial charge in [-0.3, -0.25) is 9.78 Å². The van der Waals surface area contributed by atoms with Crippen LogP contribution in [0.4, 0.5) is 4.39 Å². The third kappa shape index (κ3) is 4.50. The maximum atomic E-state index is 14.0. The van der Waals surface area contributed by atoms with Gasteiger partial charge in [0.05, 0.1) is 12.7 Å². The third-order valence-electron chi connectivity index (χ3n) is 3.46. The zero-order valence-corrected chi connectivity index (χ0v) is 12.8. The van der Waals surface area contributed by atoms with Gasteiger partial charge in [-0.1, -0.05) is 12.1 Å². The van der Waals surface area contributed by atoms with Gasteiger partial charge >= 0.3 is 0 Å². The molecule has 0 fully saturated rings. The van der Waals surface area contributed by atoms with E-state index in [4.69, 9.17) is 4.74 Å². The summed E-state index contributed by atoms with van der Waals surface area (Å²) in [4.78, 5) is 16.3. The van der Waals surface area contributed by atoms with Crippen LogP contribution in [0.2, 0.25) is 0 Å². The number of aromatic nitrogens is 1. The molecular formula is C17H19FN2O3. The normalized spacial score (nSPS) is 11.8. The Bertz CT molecular complexity index is 650. The molecule has 122 valence electrons. The number of nitrogens with zero attached hydrogens (tertiary/aromatic N) is 1. The molecule has 0 saturated carbocycles. The molecule has 0 aliphatic heterocycles. The Morgan fingerprint density at radius 1 is 1.35 bits per heavy atom. The van der Waals surface area contributed by atoms with E-state index in [1.807, 2.05) is 18.2 Å². The van der Waals surface area contributed by atoms with E-state index in [2.05, 4.69) is 10.3 Å². The number of pyridine rings is 1. The number of carbonyl (C=O) groups is 1. The van der Waals surface area contributed by atoms with Crippen molar-refractivity contribution in [2.45, 2.75) is 6.42 Å². The molecule has 2 rings (SSSR count). The number of hydrogen-bond acceptors (Lipinski definition) is 4. The Balaban J connectivity index is 1.97. The van der Waals surface area contributed by atoms with Crippen molar-refractivity contribution < 1.29 is 19.0 Å². The minimum atomic E-state index is -0.697. The molecule has 0 saturated heterocycles. The predicted octanol–water partition coefficient (Wildman–Crippen LogP) is 1.81. The average molecular weight is 318 g/mol. The van der Waals surface area contributed by atoms with Crippen molar-refractivity contribution in [3.05, 3.63) is 59.7 Å². The summed E-state index contributed by atoms with van der Waals surface area (Å²) >= 11 is 0. The van der Waals surface area contributed by atoms with Gasteiger partial charge in [-0.05, 0) is 30.7 Å². The molecule has 1 amide bonds. The molecule has 1 aromatic carbocycles. The van der Waals surface area contributed by atoms with E-state index in [1.54, 1.807) is 12.3 Å². The topological polar surface area (TPSA) is 71.5 Å². The van der Waals surface area contributed by atoms with Crippen molar-refractivity contribution >= 4 is 5.91 Å². The van der Waals surface area contributed by atoms with Crippen LogP contribution >= 0.6 is 0 Å². The number of methoxy groups -OCH3 is 1. The first kappa shape index (κ1) is 16.9. The van der Waals surface area contributed by atoms with Crippen molar-refractivity contribution in [2.75, 3.05) is 20.3 Å². The molecule has 1 heterocycles. The highest BCUT2D eigenvalue weighted by Crippen LogP contribution is 2.19. The Labute approximate surface area is 134 Å². The summed E-state index contributed by atoms with van der Waals surface area (Å²) in [6.45, 7) is 0.125. The highest BCUT2D eigenvalue weighted by atomic mass is 19.1. The smallest absolute Gasteiger partial charge is 0.254 e. The van der Waals surface area contributed by atoms with Crippen LogP contribution in [0.5, 0.6) is 5.75 Å². The second kappa shape index (κ2) is 8.24. The second-order valence-corrected chi connectivity index (χ2v) is 5.11. The van der Waals surface area contributed by atoms with Gasteiger partial charge in [0.15, 0.2) is 11.6 Å². The fourth-order valence-electron chi connectivity index (χ4n) is 2.19. The van der Waals surface area contributed by atoms with E-state index in [9.17, 15) is 14.3 Å². The largest absolute Gasteiger partial charge is 0.494 e. The molecule has 0 spiro atoms. The lowest BCUT2D eigenvalue weighted by Crippen LogP contribution is -2.32. The van der Waals surface area contributed by atoms with Gasteiger partial charge in [0, 0.05) is 31.0 Å². The van der Waals surface area contributed by atoms with Gasteiger partial charge in [0.1, 0.15) is 0 Å². The zero-order chi connectivity index (χ0) is 16.7. The lowest BCUT2D eigenvalue weighted by atomic mass is 10.0. The Morgan fingerprint density at radius 3 is 2.83 bits per heavy atom. The summed E-state index contributed by atoms with van der Waals surface area (Å²) in [5.74, 6) is -1.41. The van der Waals surface area contributed by atoms with Crippen molar-refractivity contribution in [3.63, 3.8) is 0 Å². The first-order valence-electron chi connectivity index (χ1n) is 7.27. The number of rotatable bonds is 7. The van der Waals surface area contributed by atoms with Gasteiger partial charge in [-0.15, -0.1) is 0 Å². The highest BCUT2D eigenvalue weighted by Gasteiger charge is 2.17. The Morgan fingerprint density at radius 2 is 2.17 bits per heavy atom. The summed E-state index contributed by atoms with van der Waals surface area (Å²) in [5, 5.41) is 12.1. The van der Waals surface area contributed by atoms with E-state index in [0.717, 1.165) is 5.69 Å². The number of aliphatic hydroxyl groups excluding tert-OH is 1. The highest BCUT2D eigenvalue weighted by molar-refractivity contribution is 5.94. The van der Waals surface area contributed by atoms with Gasteiger partial charge in [0.2, 0.25) is 0 Å². The van der Waals surface area contributed by atoms with E-state index in [-0.39, 0.29) is 30.4 Å². The van der Waals surface area contributed by atoms with Crippen LogP contribution in [0.1, 0.15) is 16.1 Å². The first-order valence-corrected chi connectivity index (χ1v) is 7.27. The van der Waals surface area contributed by atoms with Crippen LogP contribution in [0.25, 0.3) is 0 Å². The molecular weight excluding hydrogens is 299 g/mol. The number of carbonyl (C=O) groups excluding carboxylic acids is 1. The predicted molar refractivity (Wildman–Crippen MR) is 83.8 cm³/mol. The van der Waals surface area contributed by atoms with Crippen LogP contribution in [-0.4, -0.2) is 36.3 Å². The van der Waals surface area contributed by atoms with Gasteiger partial charge in [0.25, 0.3) is 5.91 Å². The molecule has 0 radical (unpaired) electrons. The maximum absolute atomic E-state index is 14.0. The Hall–Kier alpha value is -2.47. The van der Waals surface area contributed by atoms with Crippen molar-refractivity contribution in [2.24, 2.45) is 5.92 Å². The molecule has 0 bridgehead atoms. The van der Waals surface area contributed by atoms with Crippen molar-refractivity contribution in [1.82, 2.24) is 10.3 Å². The zero-order valence-electron chi connectivity index (χ0n) is 12.8. The summed E-state index contributed by atoms with van der Waals surface area (Å²) in [7, 11) is 1.34. The summed E-state index contributed by atoms with van der Waals surface area (Å²) in [6.07, 6.45) is 2.20. The molecule has 1 unspecified atom stereocenters. The quantitative estimate of drug-likeness (QED) is 0.817. The summed E-state index contributed by atoms with van der Waals surface area (Å²) in [6, 6.07) is 9.91. The molecule has 6 heteroatoms. The van der Waals surface area contributed by atoms with E-state index >= 15 is 0 Å². The van der Waals surface area contributed by atoms with Crippen LogP contribution < -0.4 is 10.1 Å². The van der Waals surface area contributed by atoms with Crippen molar-refractivity contribution in [3.8, 4) is 5.75 Å². The van der Waals surface area contributed by atoms with Crippen molar-refractivity contribution in [1.29, 1.82) is 0 Å². The van der Waals surface area contributed by atoms with E-state index in [0.29, 0.717) is 6.42 Å². The number of ether oxygens (including phenoxy) is 1. The fraction of sp³-hybridized carbons (Fsp3) is 0.294. The minimum Gasteiger partial charge on any atom is -0.494 e. The monoisotopic (exact) mass is 318 g/mol. The summed E-state index contributed by atoms with van der Waals surface area (Å²) < 4.78 is 18.9. The van der Waals surface area contributed by atoms with Crippen LogP contribution in [0, 0.1) is 11.7 Å². The first-order chi connectivity index (χ1) is 11.2. The minimum absolute atomic E-state index is 0.0184. The number of aliphatic hydroxyl groups is 1. The van der Waals surface area contributed by atoms with Gasteiger partial charge < -0.3 is 15.2 Å². The molecule has 0 aliphatic rings. The summed E-state index contributed by atoms with van der Waals surface area (Å²) in [5.41, 5.74) is 0.743. The molecule has 0 aliphatic carbocycles. The SMILES string of the molecule is COc1cccc(C(=O)NCC(CO)Cc2ccccn2)c1F. The van der Waals surface area contributed by atoms with E-state index < -0.39 is 11.7 Å². The average Bonchev–Trinajstić information content (AvgIpc) is 2.59. The molecule has 1 aromatic heterocycles. The number of benzene rings is 1. The second-order valence-electron chi connectivity index (χ2n) is 5.11. The molecule has 1 atom stereocenters. The van der Waals surface area contributed by atoms with Crippen LogP contribution in [0.3, 0.4) is 0 Å². The number of halogens is 1. The van der Waals surface area contributed by atoms with Crippen LogP contribution in [0.15, 0.2) is 42.6 Å². The number of hydrogen-bond donors (Lipinski definition) is 2. The number of amides is 1. The third-order valence-corrected chi connectivity index (χ3v) is 3.46. The number of nitrogens with one attached hydrogen (secondary N) is 1. The van der Waals surface area contributed by atoms with E-state index in [1.165, 1.54) is 19.2 Å². The molecule has 23 heavy (non-hydrogen) atoms. The van der Waals surface area contributed by atoms with Gasteiger partial charge in [-0.25, -0.2) is 4.39 Å². The Kier molecular flexibility index (Phi) is 6.05. The fourth-order valence-corrected chi connectivity index (χ4v) is 2.19. The van der Waals surface area contributed by atoms with Crippen LogP contribution in [-0.2, 0) is 6.42 Å². The standard InChI is InChI=1S/C17H19FN2O3/c1-23-15-7-4-6-14(16(15)18)17(22)20-10-12(11-21)9-13-5-2-3-8-19-13/h2-8,12,21H,9-11H2,1H3,(H,20,22). The lowest BCUT2D eigenvalue weighted by molar-refractivity contribution is 0.0935. The lowest BCUT2D eigenvalue weighted by Gasteiger charge is -2.15. The molecule has 2 aromatic rings.